The number of alkyl halides is 3. The number of hydrogen-bond donors (Lipinski definition) is 1. The molecule has 1 unspecified atom stereocenters. The molecule has 0 spiro atoms. The minimum atomic E-state index is -4.41. The van der Waals surface area contributed by atoms with Gasteiger partial charge < -0.3 is 10.1 Å². The molecule has 0 aromatic heterocycles. The van der Waals surface area contributed by atoms with Crippen molar-refractivity contribution in [3.05, 3.63) is 108 Å². The van der Waals surface area contributed by atoms with Gasteiger partial charge in [0.15, 0.2) is 0 Å². The second-order valence-electron chi connectivity index (χ2n) is 7.22. The Morgan fingerprint density at radius 2 is 1.76 bits per heavy atom. The third-order valence-corrected chi connectivity index (χ3v) is 5.37. The summed E-state index contributed by atoms with van der Waals surface area (Å²) in [4.78, 5) is 12.8. The lowest BCUT2D eigenvalue weighted by atomic mass is 10.0. The van der Waals surface area contributed by atoms with Crippen LogP contribution in [-0.4, -0.2) is 11.9 Å². The van der Waals surface area contributed by atoms with Gasteiger partial charge in [-0.2, -0.15) is 13.2 Å². The highest BCUT2D eigenvalue weighted by molar-refractivity contribution is 6.31. The van der Waals surface area contributed by atoms with Gasteiger partial charge in [0, 0.05) is 16.0 Å². The number of carbonyl (C=O) groups excluding carboxylic acids is 1. The van der Waals surface area contributed by atoms with Crippen molar-refractivity contribution in [1.82, 2.24) is 5.32 Å². The zero-order valence-corrected chi connectivity index (χ0v) is 18.5. The van der Waals surface area contributed by atoms with Crippen LogP contribution in [0, 0.1) is 0 Å². The summed E-state index contributed by atoms with van der Waals surface area (Å²) < 4.78 is 44.1. The second-order valence-corrected chi connectivity index (χ2v) is 7.63. The lowest BCUT2D eigenvalue weighted by molar-refractivity contribution is -0.137. The van der Waals surface area contributed by atoms with Gasteiger partial charge >= 0.3 is 6.18 Å². The van der Waals surface area contributed by atoms with Crippen LogP contribution in [0.25, 0.3) is 10.8 Å². The average Bonchev–Trinajstić information content (AvgIpc) is 2.79. The first kappa shape index (κ1) is 24.1. The number of halogens is 4. The molecule has 0 radical (unpaired) electrons. The van der Waals surface area contributed by atoms with Crippen molar-refractivity contribution in [3.63, 3.8) is 0 Å². The van der Waals surface area contributed by atoms with Crippen molar-refractivity contribution in [2.24, 2.45) is 0 Å². The van der Waals surface area contributed by atoms with Gasteiger partial charge in [-0.3, -0.25) is 4.79 Å². The highest BCUT2D eigenvalue weighted by atomic mass is 35.5. The van der Waals surface area contributed by atoms with Crippen molar-refractivity contribution < 1.29 is 22.7 Å². The maximum Gasteiger partial charge on any atom is 0.416 e. The predicted octanol–water partition coefficient (Wildman–Crippen LogP) is 7.63. The topological polar surface area (TPSA) is 38.3 Å². The number of hydrogen-bond acceptors (Lipinski definition) is 2. The Hall–Kier alpha value is -3.51. The summed E-state index contributed by atoms with van der Waals surface area (Å²) in [5.74, 6) is 0.433. The molecule has 1 N–H and O–H groups in total. The SMILES string of the molecule is C=C/C(Cl)=C(\C=C)C(C)NC(=O)c1ccc2c(Oc3ccc(C(F)(F)F)cc3)cccc2c1. The Labute approximate surface area is 194 Å². The zero-order valence-electron chi connectivity index (χ0n) is 17.7. The van der Waals surface area contributed by atoms with Gasteiger partial charge in [-0.25, -0.2) is 0 Å². The normalized spacial score (nSPS) is 13.1. The third kappa shape index (κ3) is 5.65. The lowest BCUT2D eigenvalue weighted by Gasteiger charge is -2.17. The van der Waals surface area contributed by atoms with Gasteiger partial charge in [-0.05, 0) is 66.4 Å². The standard InChI is InChI=1S/C26H21ClF3NO2/c1-4-21(23(27)5-2)16(3)31-25(32)18-9-14-22-17(15-18)7-6-8-24(22)33-20-12-10-19(11-13-20)26(28,29)30/h4-16H,1-2H2,3H3,(H,31,32)/b23-21-. The van der Waals surface area contributed by atoms with Crippen LogP contribution >= 0.6 is 11.6 Å². The number of amides is 1. The van der Waals surface area contributed by atoms with Gasteiger partial charge in [-0.15, -0.1) is 0 Å². The fourth-order valence-corrected chi connectivity index (χ4v) is 3.52. The summed E-state index contributed by atoms with van der Waals surface area (Å²) in [5, 5.41) is 4.73. The quantitative estimate of drug-likeness (QED) is 0.360. The van der Waals surface area contributed by atoms with E-state index in [2.05, 4.69) is 18.5 Å². The van der Waals surface area contributed by atoms with E-state index in [1.54, 1.807) is 43.3 Å². The highest BCUT2D eigenvalue weighted by Gasteiger charge is 2.30. The molecule has 1 atom stereocenters. The second kappa shape index (κ2) is 9.96. The molecule has 3 aromatic rings. The molecular formula is C26H21ClF3NO2. The van der Waals surface area contributed by atoms with E-state index >= 15 is 0 Å². The Balaban J connectivity index is 1.83. The summed E-state index contributed by atoms with van der Waals surface area (Å²) in [5.41, 5.74) is 0.327. The van der Waals surface area contributed by atoms with E-state index in [1.165, 1.54) is 18.2 Å². The summed E-state index contributed by atoms with van der Waals surface area (Å²) in [6.07, 6.45) is -1.36. The minimum absolute atomic E-state index is 0.272. The van der Waals surface area contributed by atoms with E-state index in [9.17, 15) is 18.0 Å². The van der Waals surface area contributed by atoms with Crippen molar-refractivity contribution in [2.75, 3.05) is 0 Å². The zero-order chi connectivity index (χ0) is 24.2. The molecule has 0 saturated heterocycles. The summed E-state index contributed by atoms with van der Waals surface area (Å²) in [7, 11) is 0. The van der Waals surface area contributed by atoms with E-state index < -0.39 is 11.7 Å². The molecular weight excluding hydrogens is 451 g/mol. The van der Waals surface area contributed by atoms with Gasteiger partial charge in [-0.1, -0.05) is 49.0 Å². The first-order valence-electron chi connectivity index (χ1n) is 9.97. The fraction of sp³-hybridized carbons (Fsp3) is 0.115. The van der Waals surface area contributed by atoms with Crippen LogP contribution in [-0.2, 0) is 6.18 Å². The molecule has 0 heterocycles. The van der Waals surface area contributed by atoms with E-state index in [0.717, 1.165) is 17.5 Å². The van der Waals surface area contributed by atoms with E-state index in [1.807, 2.05) is 6.07 Å². The number of rotatable bonds is 7. The number of ether oxygens (including phenoxy) is 1. The maximum absolute atomic E-state index is 12.8. The maximum atomic E-state index is 12.8. The number of allylic oxidation sites excluding steroid dienone is 2. The number of fused-ring (bicyclic) bond motifs is 1. The van der Waals surface area contributed by atoms with Crippen LogP contribution in [0.4, 0.5) is 13.2 Å². The van der Waals surface area contributed by atoms with Crippen molar-refractivity contribution >= 4 is 28.3 Å². The van der Waals surface area contributed by atoms with Crippen molar-refractivity contribution in [1.29, 1.82) is 0 Å². The first-order chi connectivity index (χ1) is 15.6. The molecule has 3 rings (SSSR count). The van der Waals surface area contributed by atoms with Crippen LogP contribution in [0.2, 0.25) is 0 Å². The number of carbonyl (C=O) groups is 1. The molecule has 0 aliphatic heterocycles. The third-order valence-electron chi connectivity index (χ3n) is 5.00. The average molecular weight is 472 g/mol. The van der Waals surface area contributed by atoms with Crippen molar-refractivity contribution in [3.8, 4) is 11.5 Å². The Kier molecular flexibility index (Phi) is 7.29. The Bertz CT molecular complexity index is 1230. The molecule has 0 saturated carbocycles. The molecule has 33 heavy (non-hydrogen) atoms. The van der Waals surface area contributed by atoms with Crippen LogP contribution in [0.5, 0.6) is 11.5 Å². The molecule has 3 aromatic carbocycles. The number of benzene rings is 3. The molecule has 3 nitrogen and oxygen atoms in total. The minimum Gasteiger partial charge on any atom is -0.457 e. The van der Waals surface area contributed by atoms with Gasteiger partial charge in [0.2, 0.25) is 0 Å². The van der Waals surface area contributed by atoms with E-state index in [4.69, 9.17) is 16.3 Å². The van der Waals surface area contributed by atoms with Crippen LogP contribution in [0.3, 0.4) is 0 Å². The summed E-state index contributed by atoms with van der Waals surface area (Å²) >= 11 is 6.12. The molecule has 0 aliphatic carbocycles. The first-order valence-corrected chi connectivity index (χ1v) is 10.3. The highest BCUT2D eigenvalue weighted by Crippen LogP contribution is 2.33. The monoisotopic (exact) mass is 471 g/mol. The fourth-order valence-electron chi connectivity index (χ4n) is 3.28. The molecule has 7 heteroatoms. The van der Waals surface area contributed by atoms with Gasteiger partial charge in [0.1, 0.15) is 11.5 Å². The largest absolute Gasteiger partial charge is 0.457 e. The van der Waals surface area contributed by atoms with Crippen LogP contribution in [0.15, 0.2) is 96.6 Å². The van der Waals surface area contributed by atoms with Crippen molar-refractivity contribution in [2.45, 2.75) is 19.1 Å². The van der Waals surface area contributed by atoms with E-state index in [-0.39, 0.29) is 17.7 Å². The number of nitrogens with one attached hydrogen (secondary N) is 1. The van der Waals surface area contributed by atoms with Gasteiger partial charge in [0.25, 0.3) is 5.91 Å². The molecule has 1 amide bonds. The molecule has 0 fully saturated rings. The smallest absolute Gasteiger partial charge is 0.416 e. The van der Waals surface area contributed by atoms with Gasteiger partial charge in [0.05, 0.1) is 11.6 Å². The van der Waals surface area contributed by atoms with E-state index in [0.29, 0.717) is 27.3 Å². The predicted molar refractivity (Wildman–Crippen MR) is 126 cm³/mol. The Morgan fingerprint density at radius 3 is 2.36 bits per heavy atom. The van der Waals surface area contributed by atoms with Crippen LogP contribution < -0.4 is 10.1 Å². The summed E-state index contributed by atoms with van der Waals surface area (Å²) in [6, 6.07) is 14.4. The Morgan fingerprint density at radius 1 is 1.06 bits per heavy atom. The van der Waals surface area contributed by atoms with Crippen LogP contribution in [0.1, 0.15) is 22.8 Å². The molecule has 0 bridgehead atoms. The summed E-state index contributed by atoms with van der Waals surface area (Å²) in [6.45, 7) is 9.14. The molecule has 0 aliphatic rings. The molecule has 170 valence electrons. The lowest BCUT2D eigenvalue weighted by Crippen LogP contribution is -2.33.